The van der Waals surface area contributed by atoms with Crippen LogP contribution in [0.4, 0.5) is 0 Å². The van der Waals surface area contributed by atoms with Crippen molar-refractivity contribution in [2.75, 3.05) is 7.11 Å². The highest BCUT2D eigenvalue weighted by Crippen LogP contribution is 2.38. The minimum absolute atomic E-state index is 0.0954. The predicted octanol–water partition coefficient (Wildman–Crippen LogP) is -0.144. The van der Waals surface area contributed by atoms with Crippen molar-refractivity contribution in [1.29, 1.82) is 0 Å². The number of carboxylic acid groups (broad SMARTS) is 1. The SMILES string of the molecule is COc1ccc(-c2oc3cc(OC4OC(C(=O)O)C(O)C(O)C4O)cc(O)c3c(=O)c2O)cc1O. The van der Waals surface area contributed by atoms with E-state index in [0.717, 1.165) is 12.1 Å². The summed E-state index contributed by atoms with van der Waals surface area (Å²) in [4.78, 5) is 24.0. The molecule has 1 saturated heterocycles. The summed E-state index contributed by atoms with van der Waals surface area (Å²) in [5, 5.41) is 69.4. The fourth-order valence-electron chi connectivity index (χ4n) is 3.64. The van der Waals surface area contributed by atoms with Crippen LogP contribution >= 0.6 is 0 Å². The van der Waals surface area contributed by atoms with E-state index in [2.05, 4.69) is 0 Å². The maximum Gasteiger partial charge on any atom is 0.335 e. The van der Waals surface area contributed by atoms with Crippen molar-refractivity contribution >= 4 is 16.9 Å². The summed E-state index contributed by atoms with van der Waals surface area (Å²) in [5.41, 5.74) is -1.19. The molecule has 1 aromatic heterocycles. The van der Waals surface area contributed by atoms with E-state index in [1.165, 1.54) is 25.3 Å². The molecule has 13 heteroatoms. The number of ether oxygens (including phenoxy) is 3. The molecule has 35 heavy (non-hydrogen) atoms. The van der Waals surface area contributed by atoms with Crippen LogP contribution in [0.2, 0.25) is 0 Å². The predicted molar refractivity (Wildman–Crippen MR) is 114 cm³/mol. The first-order valence-corrected chi connectivity index (χ1v) is 10.0. The summed E-state index contributed by atoms with van der Waals surface area (Å²) in [6, 6.07) is 5.94. The summed E-state index contributed by atoms with van der Waals surface area (Å²) in [6.07, 6.45) is -9.43. The number of hydrogen-bond acceptors (Lipinski definition) is 12. The van der Waals surface area contributed by atoms with Crippen LogP contribution in [0.15, 0.2) is 39.5 Å². The largest absolute Gasteiger partial charge is 0.507 e. The molecule has 0 radical (unpaired) electrons. The van der Waals surface area contributed by atoms with E-state index < -0.39 is 59.0 Å². The fraction of sp³-hybridized carbons (Fsp3) is 0.273. The summed E-state index contributed by atoms with van der Waals surface area (Å²) in [7, 11) is 1.33. The number of aliphatic hydroxyl groups excluding tert-OH is 3. The van der Waals surface area contributed by atoms with Gasteiger partial charge < -0.3 is 54.4 Å². The van der Waals surface area contributed by atoms with Gasteiger partial charge in [0.1, 0.15) is 40.8 Å². The van der Waals surface area contributed by atoms with Crippen molar-refractivity contribution in [3.8, 4) is 40.1 Å². The summed E-state index contributed by atoms with van der Waals surface area (Å²) >= 11 is 0. The second kappa shape index (κ2) is 8.96. The van der Waals surface area contributed by atoms with Crippen molar-refractivity contribution < 1.29 is 59.2 Å². The summed E-state index contributed by atoms with van der Waals surface area (Å²) in [5.74, 6) is -3.95. The van der Waals surface area contributed by atoms with Crippen molar-refractivity contribution in [2.24, 2.45) is 0 Å². The minimum Gasteiger partial charge on any atom is -0.507 e. The van der Waals surface area contributed by atoms with E-state index in [-0.39, 0.29) is 34.2 Å². The number of fused-ring (bicyclic) bond motifs is 1. The maximum absolute atomic E-state index is 12.7. The molecule has 1 aliphatic rings. The van der Waals surface area contributed by atoms with Gasteiger partial charge in [-0.25, -0.2) is 4.79 Å². The fourth-order valence-corrected chi connectivity index (χ4v) is 3.64. The average molecular weight is 492 g/mol. The Kier molecular flexibility index (Phi) is 6.17. The van der Waals surface area contributed by atoms with Gasteiger partial charge in [-0.3, -0.25) is 4.79 Å². The molecule has 13 nitrogen and oxygen atoms in total. The van der Waals surface area contributed by atoms with Crippen molar-refractivity contribution in [3.63, 3.8) is 0 Å². The molecule has 0 amide bonds. The number of aliphatic carboxylic acids is 1. The molecule has 1 aliphatic heterocycles. The van der Waals surface area contributed by atoms with Crippen LogP contribution in [0, 0.1) is 0 Å². The maximum atomic E-state index is 12.7. The Hall–Kier alpha value is -4.04. The van der Waals surface area contributed by atoms with Crippen LogP contribution in [-0.2, 0) is 9.53 Å². The van der Waals surface area contributed by atoms with Gasteiger partial charge in [-0.15, -0.1) is 0 Å². The lowest BCUT2D eigenvalue weighted by molar-refractivity contribution is -0.271. The Labute approximate surface area is 195 Å². The van der Waals surface area contributed by atoms with Crippen LogP contribution in [0.25, 0.3) is 22.3 Å². The Balaban J connectivity index is 1.76. The average Bonchev–Trinajstić information content (AvgIpc) is 2.81. The second-order valence-corrected chi connectivity index (χ2v) is 7.66. The second-order valence-electron chi connectivity index (χ2n) is 7.66. The Morgan fingerprint density at radius 3 is 2.31 bits per heavy atom. The van der Waals surface area contributed by atoms with Crippen LogP contribution < -0.4 is 14.9 Å². The normalized spacial score (nSPS) is 24.3. The van der Waals surface area contributed by atoms with Gasteiger partial charge in [0.15, 0.2) is 23.4 Å². The third-order valence-corrected chi connectivity index (χ3v) is 5.43. The zero-order chi connectivity index (χ0) is 25.6. The number of methoxy groups -OCH3 is 1. The standard InChI is InChI=1S/C22H20O13/c1-32-11-3-2-7(4-9(11)23)19-16(27)14(25)13-10(24)5-8(6-12(13)34-19)33-22-18(29)15(26)17(28)20(35-22)21(30)31/h2-6,15,17-18,20,22-24,26-29H,1H3,(H,30,31). The van der Waals surface area contributed by atoms with Crippen molar-refractivity contribution in [3.05, 3.63) is 40.6 Å². The molecular weight excluding hydrogens is 472 g/mol. The number of phenols is 2. The Morgan fingerprint density at radius 2 is 1.69 bits per heavy atom. The first-order valence-electron chi connectivity index (χ1n) is 10.0. The van der Waals surface area contributed by atoms with Gasteiger partial charge in [0.2, 0.25) is 17.5 Å². The molecule has 7 N–H and O–H groups in total. The van der Waals surface area contributed by atoms with E-state index in [4.69, 9.17) is 23.7 Å². The topological polar surface area (TPSA) is 217 Å². The molecule has 5 unspecified atom stereocenters. The molecule has 3 aromatic rings. The number of carboxylic acids is 1. The van der Waals surface area contributed by atoms with Gasteiger partial charge in [-0.2, -0.15) is 0 Å². The molecule has 0 bridgehead atoms. The lowest BCUT2D eigenvalue weighted by atomic mass is 9.99. The molecule has 0 saturated carbocycles. The van der Waals surface area contributed by atoms with Crippen LogP contribution in [0.5, 0.6) is 28.7 Å². The number of carbonyl (C=O) groups is 1. The number of aliphatic hydroxyl groups is 3. The van der Waals surface area contributed by atoms with E-state index in [0.29, 0.717) is 0 Å². The first-order chi connectivity index (χ1) is 16.5. The van der Waals surface area contributed by atoms with Gasteiger partial charge in [0, 0.05) is 17.7 Å². The molecule has 5 atom stereocenters. The molecule has 0 spiro atoms. The molecule has 1 fully saturated rings. The Bertz CT molecular complexity index is 1350. The monoisotopic (exact) mass is 492 g/mol. The van der Waals surface area contributed by atoms with Crippen LogP contribution in [-0.4, -0.2) is 79.5 Å². The smallest absolute Gasteiger partial charge is 0.335 e. The number of rotatable bonds is 5. The van der Waals surface area contributed by atoms with Crippen molar-refractivity contribution in [1.82, 2.24) is 0 Å². The van der Waals surface area contributed by atoms with E-state index in [9.17, 15) is 40.2 Å². The van der Waals surface area contributed by atoms with Gasteiger partial charge in [-0.1, -0.05) is 0 Å². The highest BCUT2D eigenvalue weighted by Gasteiger charge is 2.48. The zero-order valence-corrected chi connectivity index (χ0v) is 17.9. The zero-order valence-electron chi connectivity index (χ0n) is 17.9. The first kappa shape index (κ1) is 24.1. The molecule has 2 aromatic carbocycles. The third-order valence-electron chi connectivity index (χ3n) is 5.43. The highest BCUT2D eigenvalue weighted by molar-refractivity contribution is 5.88. The van der Waals surface area contributed by atoms with E-state index >= 15 is 0 Å². The summed E-state index contributed by atoms with van der Waals surface area (Å²) in [6.45, 7) is 0. The molecular formula is C22H20O13. The quantitative estimate of drug-likeness (QED) is 0.247. The summed E-state index contributed by atoms with van der Waals surface area (Å²) < 4.78 is 21.0. The van der Waals surface area contributed by atoms with E-state index in [1.807, 2.05) is 0 Å². The molecule has 0 aliphatic carbocycles. The van der Waals surface area contributed by atoms with Crippen LogP contribution in [0.1, 0.15) is 0 Å². The third kappa shape index (κ3) is 4.17. The van der Waals surface area contributed by atoms with E-state index in [1.54, 1.807) is 0 Å². The minimum atomic E-state index is -1.93. The lowest BCUT2D eigenvalue weighted by Gasteiger charge is -2.38. The highest BCUT2D eigenvalue weighted by atomic mass is 16.7. The number of hydrogen-bond donors (Lipinski definition) is 7. The molecule has 186 valence electrons. The number of benzene rings is 2. The molecule has 4 rings (SSSR count). The number of aromatic hydroxyl groups is 3. The Morgan fingerprint density at radius 1 is 0.971 bits per heavy atom. The van der Waals surface area contributed by atoms with Gasteiger partial charge >= 0.3 is 5.97 Å². The van der Waals surface area contributed by atoms with Crippen LogP contribution in [0.3, 0.4) is 0 Å². The van der Waals surface area contributed by atoms with Gasteiger partial charge in [0.25, 0.3) is 0 Å². The van der Waals surface area contributed by atoms with Crippen molar-refractivity contribution in [2.45, 2.75) is 30.7 Å². The molecule has 2 heterocycles. The number of phenolic OH excluding ortho intramolecular Hbond substituents is 2. The lowest BCUT2D eigenvalue weighted by Crippen LogP contribution is -2.61. The van der Waals surface area contributed by atoms with Gasteiger partial charge in [0.05, 0.1) is 7.11 Å². The van der Waals surface area contributed by atoms with Gasteiger partial charge in [-0.05, 0) is 18.2 Å².